The van der Waals surface area contributed by atoms with Gasteiger partial charge in [-0.1, -0.05) is 24.3 Å². The zero-order valence-electron chi connectivity index (χ0n) is 15.9. The first kappa shape index (κ1) is 18.4. The van der Waals surface area contributed by atoms with Crippen molar-refractivity contribution in [3.8, 4) is 0 Å². The van der Waals surface area contributed by atoms with Gasteiger partial charge in [-0.3, -0.25) is 4.79 Å². The number of benzene rings is 2. The monoisotopic (exact) mass is 394 g/mol. The molecule has 1 aliphatic heterocycles. The molecule has 3 aromatic rings. The lowest BCUT2D eigenvalue weighted by Crippen LogP contribution is -2.51. The number of nitrogens with one attached hydrogen (secondary N) is 1. The third-order valence-corrected chi connectivity index (χ3v) is 5.73. The van der Waals surface area contributed by atoms with Crippen LogP contribution in [-0.2, 0) is 0 Å². The molecule has 0 saturated carbocycles. The van der Waals surface area contributed by atoms with Gasteiger partial charge in [0.25, 0.3) is 5.91 Å². The minimum Gasteiger partial charge on any atom is -0.334 e. The molecule has 0 aliphatic carbocycles. The van der Waals surface area contributed by atoms with E-state index < -0.39 is 0 Å². The molecule has 2 heterocycles. The smallest absolute Gasteiger partial charge is 0.321 e. The molecule has 0 unspecified atom stereocenters. The SMILES string of the molecule is Cc1cc(C)cc(NC(=O)N2CCN(C(=O)c3nsc4ccccc34)CC2)c1. The Morgan fingerprint density at radius 1 is 0.964 bits per heavy atom. The largest absolute Gasteiger partial charge is 0.334 e. The molecule has 144 valence electrons. The van der Waals surface area contributed by atoms with Crippen LogP contribution in [0, 0.1) is 13.8 Å². The number of carbonyl (C=O) groups excluding carboxylic acids is 2. The molecule has 0 radical (unpaired) electrons. The fraction of sp³-hybridized carbons (Fsp3) is 0.286. The van der Waals surface area contributed by atoms with Gasteiger partial charge in [-0.05, 0) is 54.7 Å². The molecule has 28 heavy (non-hydrogen) atoms. The third kappa shape index (κ3) is 3.71. The van der Waals surface area contributed by atoms with Gasteiger partial charge < -0.3 is 15.1 Å². The van der Waals surface area contributed by atoms with Gasteiger partial charge in [0.1, 0.15) is 5.69 Å². The van der Waals surface area contributed by atoms with Gasteiger partial charge in [0.2, 0.25) is 0 Å². The van der Waals surface area contributed by atoms with E-state index in [2.05, 4.69) is 15.8 Å². The van der Waals surface area contributed by atoms with Crippen molar-refractivity contribution in [2.75, 3.05) is 31.5 Å². The van der Waals surface area contributed by atoms with Crippen molar-refractivity contribution in [2.24, 2.45) is 0 Å². The van der Waals surface area contributed by atoms with Crippen molar-refractivity contribution in [3.05, 3.63) is 59.3 Å². The Kier molecular flexibility index (Phi) is 5.00. The summed E-state index contributed by atoms with van der Waals surface area (Å²) in [5.41, 5.74) is 3.53. The molecule has 0 bridgehead atoms. The van der Waals surface area contributed by atoms with Crippen LogP contribution < -0.4 is 5.32 Å². The molecule has 2 aromatic carbocycles. The predicted molar refractivity (Wildman–Crippen MR) is 112 cm³/mol. The number of nitrogens with zero attached hydrogens (tertiary/aromatic N) is 3. The molecule has 0 atom stereocenters. The topological polar surface area (TPSA) is 65.5 Å². The highest BCUT2D eigenvalue weighted by molar-refractivity contribution is 7.13. The van der Waals surface area contributed by atoms with E-state index >= 15 is 0 Å². The van der Waals surface area contributed by atoms with Gasteiger partial charge in [0, 0.05) is 37.3 Å². The summed E-state index contributed by atoms with van der Waals surface area (Å²) in [6.45, 7) is 6.04. The van der Waals surface area contributed by atoms with Gasteiger partial charge in [-0.15, -0.1) is 0 Å². The predicted octanol–water partition coefficient (Wildman–Crippen LogP) is 3.90. The third-order valence-electron chi connectivity index (χ3n) is 4.91. The highest BCUT2D eigenvalue weighted by atomic mass is 32.1. The van der Waals surface area contributed by atoms with Crippen LogP contribution in [-0.4, -0.2) is 52.3 Å². The number of piperazine rings is 1. The Morgan fingerprint density at radius 3 is 2.32 bits per heavy atom. The molecule has 1 aliphatic rings. The summed E-state index contributed by atoms with van der Waals surface area (Å²) < 4.78 is 5.37. The maximum Gasteiger partial charge on any atom is 0.321 e. The summed E-state index contributed by atoms with van der Waals surface area (Å²) in [6, 6.07) is 13.6. The average Bonchev–Trinajstić information content (AvgIpc) is 3.11. The van der Waals surface area contributed by atoms with Crippen molar-refractivity contribution in [1.82, 2.24) is 14.2 Å². The number of hydrogen-bond donors (Lipinski definition) is 1. The maximum absolute atomic E-state index is 12.9. The second kappa shape index (κ2) is 7.59. The van der Waals surface area contributed by atoms with Gasteiger partial charge in [0.15, 0.2) is 0 Å². The summed E-state index contributed by atoms with van der Waals surface area (Å²) in [5, 5.41) is 3.86. The lowest BCUT2D eigenvalue weighted by molar-refractivity contribution is 0.0669. The average molecular weight is 395 g/mol. The molecule has 7 heteroatoms. The Morgan fingerprint density at radius 2 is 1.61 bits per heavy atom. The van der Waals surface area contributed by atoms with Gasteiger partial charge in [-0.25, -0.2) is 4.79 Å². The highest BCUT2D eigenvalue weighted by Gasteiger charge is 2.27. The number of fused-ring (bicyclic) bond motifs is 1. The number of urea groups is 1. The van der Waals surface area contributed by atoms with Crippen molar-refractivity contribution in [1.29, 1.82) is 0 Å². The minimum atomic E-state index is -0.129. The van der Waals surface area contributed by atoms with E-state index in [4.69, 9.17) is 0 Å². The van der Waals surface area contributed by atoms with Gasteiger partial charge in [-0.2, -0.15) is 4.37 Å². The molecular weight excluding hydrogens is 372 g/mol. The van der Waals surface area contributed by atoms with E-state index in [0.717, 1.165) is 26.9 Å². The number of aryl methyl sites for hydroxylation is 2. The first-order chi connectivity index (χ1) is 13.5. The summed E-state index contributed by atoms with van der Waals surface area (Å²) in [5.74, 6) is -0.0631. The zero-order valence-corrected chi connectivity index (χ0v) is 16.8. The van der Waals surface area contributed by atoms with Crippen LogP contribution in [0.15, 0.2) is 42.5 Å². The fourth-order valence-corrected chi connectivity index (χ4v) is 4.32. The Hall–Kier alpha value is -2.93. The van der Waals surface area contributed by atoms with Crippen molar-refractivity contribution < 1.29 is 9.59 Å². The summed E-state index contributed by atoms with van der Waals surface area (Å²) >= 11 is 1.34. The first-order valence-electron chi connectivity index (χ1n) is 9.29. The maximum atomic E-state index is 12.9. The van der Waals surface area contributed by atoms with Crippen LogP contribution in [0.5, 0.6) is 0 Å². The van der Waals surface area contributed by atoms with E-state index in [1.54, 1.807) is 9.80 Å². The van der Waals surface area contributed by atoms with Crippen LogP contribution in [0.1, 0.15) is 21.6 Å². The van der Waals surface area contributed by atoms with Crippen LogP contribution in [0.4, 0.5) is 10.5 Å². The number of carbonyl (C=O) groups is 2. The zero-order chi connectivity index (χ0) is 19.7. The number of aromatic nitrogens is 1. The second-order valence-electron chi connectivity index (χ2n) is 7.11. The summed E-state index contributed by atoms with van der Waals surface area (Å²) in [7, 11) is 0. The van der Waals surface area contributed by atoms with Crippen LogP contribution in [0.25, 0.3) is 10.1 Å². The van der Waals surface area contributed by atoms with Crippen molar-refractivity contribution >= 4 is 39.2 Å². The molecular formula is C21H22N4O2S. The molecule has 0 spiro atoms. The van der Waals surface area contributed by atoms with Crippen LogP contribution in [0.2, 0.25) is 0 Å². The number of rotatable bonds is 2. The lowest BCUT2D eigenvalue weighted by Gasteiger charge is -2.34. The van der Waals surface area contributed by atoms with Gasteiger partial charge >= 0.3 is 6.03 Å². The van der Waals surface area contributed by atoms with Crippen molar-refractivity contribution in [2.45, 2.75) is 13.8 Å². The number of hydrogen-bond acceptors (Lipinski definition) is 4. The quantitative estimate of drug-likeness (QED) is 0.717. The summed E-state index contributed by atoms with van der Waals surface area (Å²) in [6.07, 6.45) is 0. The normalized spacial score (nSPS) is 14.4. The molecule has 6 nitrogen and oxygen atoms in total. The minimum absolute atomic E-state index is 0.0631. The Labute approximate surface area is 167 Å². The molecule has 1 aromatic heterocycles. The van der Waals surface area contributed by atoms with E-state index in [1.807, 2.05) is 50.2 Å². The lowest BCUT2D eigenvalue weighted by atomic mass is 10.1. The van der Waals surface area contributed by atoms with E-state index in [0.29, 0.717) is 31.9 Å². The molecule has 1 fully saturated rings. The summed E-state index contributed by atoms with van der Waals surface area (Å²) in [4.78, 5) is 29.0. The second-order valence-corrected chi connectivity index (χ2v) is 7.92. The first-order valence-corrected chi connectivity index (χ1v) is 10.1. The van der Waals surface area contributed by atoms with E-state index in [9.17, 15) is 9.59 Å². The van der Waals surface area contributed by atoms with E-state index in [1.165, 1.54) is 11.5 Å². The Balaban J connectivity index is 1.38. The Bertz CT molecular complexity index is 1020. The molecule has 1 N–H and O–H groups in total. The standard InChI is InChI=1S/C21H22N4O2S/c1-14-11-15(2)13-16(12-14)22-21(27)25-9-7-24(8-10-25)20(26)19-17-5-3-4-6-18(17)28-23-19/h3-6,11-13H,7-10H2,1-2H3,(H,22,27). The molecule has 4 rings (SSSR count). The van der Waals surface area contributed by atoms with Crippen LogP contribution >= 0.6 is 11.5 Å². The van der Waals surface area contributed by atoms with E-state index in [-0.39, 0.29) is 11.9 Å². The molecule has 1 saturated heterocycles. The van der Waals surface area contributed by atoms with Gasteiger partial charge in [0.05, 0.1) is 4.70 Å². The number of anilines is 1. The molecule has 3 amide bonds. The van der Waals surface area contributed by atoms with Crippen molar-refractivity contribution in [3.63, 3.8) is 0 Å². The number of amides is 3. The van der Waals surface area contributed by atoms with Crippen LogP contribution in [0.3, 0.4) is 0 Å². The fourth-order valence-electron chi connectivity index (χ4n) is 3.55. The highest BCUT2D eigenvalue weighted by Crippen LogP contribution is 2.24.